The topological polar surface area (TPSA) is 38.3 Å². The zero-order valence-corrected chi connectivity index (χ0v) is 9.74. The van der Waals surface area contributed by atoms with E-state index in [1.54, 1.807) is 11.4 Å². The van der Waals surface area contributed by atoms with Crippen LogP contribution in [0.2, 0.25) is 4.34 Å². The van der Waals surface area contributed by atoms with E-state index in [0.717, 1.165) is 13.2 Å². The van der Waals surface area contributed by atoms with E-state index in [1.165, 1.54) is 11.3 Å². The number of hydrogen-bond acceptors (Lipinski definition) is 4. The molecular formula is C10H12ClNO2S. The maximum absolute atomic E-state index is 11.8. The molecule has 15 heavy (non-hydrogen) atoms. The van der Waals surface area contributed by atoms with Crippen molar-refractivity contribution in [3.05, 3.63) is 21.3 Å². The van der Waals surface area contributed by atoms with Gasteiger partial charge in [-0.25, -0.2) is 0 Å². The lowest BCUT2D eigenvalue weighted by Gasteiger charge is -2.22. The molecule has 1 aliphatic rings. The van der Waals surface area contributed by atoms with E-state index in [1.807, 2.05) is 0 Å². The summed E-state index contributed by atoms with van der Waals surface area (Å²) >= 11 is 7.16. The van der Waals surface area contributed by atoms with Gasteiger partial charge in [0.15, 0.2) is 5.78 Å². The molecule has 0 radical (unpaired) electrons. The number of rotatable bonds is 3. The van der Waals surface area contributed by atoms with Crippen LogP contribution in [-0.4, -0.2) is 31.6 Å². The minimum Gasteiger partial charge on any atom is -0.378 e. The van der Waals surface area contributed by atoms with E-state index in [0.29, 0.717) is 22.9 Å². The van der Waals surface area contributed by atoms with Gasteiger partial charge in [0.1, 0.15) is 0 Å². The summed E-state index contributed by atoms with van der Waals surface area (Å²) in [5.41, 5.74) is 0.706. The van der Waals surface area contributed by atoms with Gasteiger partial charge >= 0.3 is 0 Å². The van der Waals surface area contributed by atoms with Crippen LogP contribution in [0.1, 0.15) is 16.8 Å². The Labute approximate surface area is 97.4 Å². The van der Waals surface area contributed by atoms with E-state index in [-0.39, 0.29) is 11.8 Å². The lowest BCUT2D eigenvalue weighted by molar-refractivity contribution is 0.0676. The fourth-order valence-corrected chi connectivity index (χ4v) is 2.43. The molecule has 1 N–H and O–H groups in total. The summed E-state index contributed by atoms with van der Waals surface area (Å²) in [5, 5.41) is 5.05. The fourth-order valence-electron chi connectivity index (χ4n) is 1.55. The van der Waals surface area contributed by atoms with Gasteiger partial charge in [0, 0.05) is 30.0 Å². The van der Waals surface area contributed by atoms with E-state index in [2.05, 4.69) is 5.32 Å². The number of hydrogen-bond donors (Lipinski definition) is 1. The van der Waals surface area contributed by atoms with Crippen molar-refractivity contribution in [2.24, 2.45) is 0 Å². The molecule has 1 fully saturated rings. The molecule has 1 aromatic rings. The number of carbonyl (C=O) groups is 1. The summed E-state index contributed by atoms with van der Waals surface area (Å²) in [4.78, 5) is 11.8. The first-order chi connectivity index (χ1) is 7.25. The number of nitrogens with one attached hydrogen (secondary N) is 1. The SMILES string of the molecule is O=C(CC1COCCN1)c1csc(Cl)c1. The number of halogens is 1. The average molecular weight is 246 g/mol. The molecule has 0 aliphatic carbocycles. The molecule has 5 heteroatoms. The molecule has 1 saturated heterocycles. The van der Waals surface area contributed by atoms with Gasteiger partial charge in [-0.15, -0.1) is 11.3 Å². The molecule has 1 unspecified atom stereocenters. The van der Waals surface area contributed by atoms with E-state index in [9.17, 15) is 4.79 Å². The highest BCUT2D eigenvalue weighted by Crippen LogP contribution is 2.21. The Hall–Kier alpha value is -0.420. The molecule has 1 aromatic heterocycles. The van der Waals surface area contributed by atoms with Crippen LogP contribution in [0.4, 0.5) is 0 Å². The summed E-state index contributed by atoms with van der Waals surface area (Å²) in [7, 11) is 0. The first kappa shape index (κ1) is 11.1. The Morgan fingerprint density at radius 3 is 3.20 bits per heavy atom. The van der Waals surface area contributed by atoms with Crippen molar-refractivity contribution in [3.8, 4) is 0 Å². The van der Waals surface area contributed by atoms with Gasteiger partial charge in [0.2, 0.25) is 0 Å². The number of ether oxygens (including phenoxy) is 1. The Balaban J connectivity index is 1.91. The Bertz CT molecular complexity index is 347. The largest absolute Gasteiger partial charge is 0.378 e. The third-order valence-electron chi connectivity index (χ3n) is 2.32. The van der Waals surface area contributed by atoms with Gasteiger partial charge in [-0.05, 0) is 6.07 Å². The van der Waals surface area contributed by atoms with E-state index in [4.69, 9.17) is 16.3 Å². The second kappa shape index (κ2) is 5.07. The molecule has 0 spiro atoms. The molecule has 2 heterocycles. The molecule has 0 amide bonds. The second-order valence-corrected chi connectivity index (χ2v) is 5.04. The van der Waals surface area contributed by atoms with Crippen molar-refractivity contribution in [1.29, 1.82) is 0 Å². The van der Waals surface area contributed by atoms with Crippen LogP contribution in [0.25, 0.3) is 0 Å². The summed E-state index contributed by atoms with van der Waals surface area (Å²) in [6.45, 7) is 2.17. The summed E-state index contributed by atoms with van der Waals surface area (Å²) in [5.74, 6) is 0.126. The minimum atomic E-state index is 0.126. The maximum Gasteiger partial charge on any atom is 0.165 e. The molecule has 1 atom stereocenters. The van der Waals surface area contributed by atoms with Crippen LogP contribution in [0.15, 0.2) is 11.4 Å². The molecule has 0 aromatic carbocycles. The molecule has 82 valence electrons. The standard InChI is InChI=1S/C10H12ClNO2S/c11-10-3-7(6-15-10)9(13)4-8-5-14-2-1-12-8/h3,6,8,12H,1-2,4-5H2. The average Bonchev–Trinajstić information content (AvgIpc) is 2.66. The van der Waals surface area contributed by atoms with E-state index < -0.39 is 0 Å². The minimum absolute atomic E-state index is 0.126. The van der Waals surface area contributed by atoms with Crippen LogP contribution in [0.3, 0.4) is 0 Å². The van der Waals surface area contributed by atoms with Crippen molar-refractivity contribution >= 4 is 28.7 Å². The molecular weight excluding hydrogens is 234 g/mol. The predicted molar refractivity (Wildman–Crippen MR) is 60.9 cm³/mol. The Kier molecular flexibility index (Phi) is 3.75. The summed E-state index contributed by atoms with van der Waals surface area (Å²) < 4.78 is 5.94. The highest BCUT2D eigenvalue weighted by Gasteiger charge is 2.18. The lowest BCUT2D eigenvalue weighted by atomic mass is 10.1. The van der Waals surface area contributed by atoms with E-state index >= 15 is 0 Å². The third-order valence-corrected chi connectivity index (χ3v) is 3.41. The molecule has 1 aliphatic heterocycles. The Morgan fingerprint density at radius 2 is 2.60 bits per heavy atom. The smallest absolute Gasteiger partial charge is 0.165 e. The third kappa shape index (κ3) is 3.01. The summed E-state index contributed by atoms with van der Waals surface area (Å²) in [6, 6.07) is 1.86. The first-order valence-corrected chi connectivity index (χ1v) is 6.10. The fraction of sp³-hybridized carbons (Fsp3) is 0.500. The summed E-state index contributed by atoms with van der Waals surface area (Å²) in [6.07, 6.45) is 0.479. The number of morpholine rings is 1. The van der Waals surface area contributed by atoms with Crippen LogP contribution in [0.5, 0.6) is 0 Å². The van der Waals surface area contributed by atoms with Gasteiger partial charge in [-0.2, -0.15) is 0 Å². The zero-order chi connectivity index (χ0) is 10.7. The monoisotopic (exact) mass is 245 g/mol. The van der Waals surface area contributed by atoms with Crippen molar-refractivity contribution in [2.45, 2.75) is 12.5 Å². The van der Waals surface area contributed by atoms with Gasteiger partial charge in [0.25, 0.3) is 0 Å². The number of ketones is 1. The van der Waals surface area contributed by atoms with Crippen LogP contribution >= 0.6 is 22.9 Å². The highest BCUT2D eigenvalue weighted by atomic mass is 35.5. The molecule has 2 rings (SSSR count). The van der Waals surface area contributed by atoms with Crippen molar-refractivity contribution in [3.63, 3.8) is 0 Å². The first-order valence-electron chi connectivity index (χ1n) is 4.84. The van der Waals surface area contributed by atoms with Gasteiger partial charge in [0.05, 0.1) is 17.6 Å². The predicted octanol–water partition coefficient (Wildman–Crippen LogP) is 1.96. The van der Waals surface area contributed by atoms with Crippen molar-refractivity contribution < 1.29 is 9.53 Å². The second-order valence-electron chi connectivity index (χ2n) is 3.49. The molecule has 3 nitrogen and oxygen atoms in total. The highest BCUT2D eigenvalue weighted by molar-refractivity contribution is 7.14. The zero-order valence-electron chi connectivity index (χ0n) is 8.16. The Morgan fingerprint density at radius 1 is 1.73 bits per heavy atom. The number of carbonyl (C=O) groups excluding carboxylic acids is 1. The quantitative estimate of drug-likeness (QED) is 0.828. The van der Waals surface area contributed by atoms with Crippen molar-refractivity contribution in [1.82, 2.24) is 5.32 Å². The lowest BCUT2D eigenvalue weighted by Crippen LogP contribution is -2.42. The van der Waals surface area contributed by atoms with Crippen molar-refractivity contribution in [2.75, 3.05) is 19.8 Å². The van der Waals surface area contributed by atoms with Crippen LogP contribution in [0, 0.1) is 0 Å². The van der Waals surface area contributed by atoms with Crippen LogP contribution < -0.4 is 5.32 Å². The number of Topliss-reactive ketones (excluding diaryl/α,β-unsaturated/α-hetero) is 1. The van der Waals surface area contributed by atoms with Gasteiger partial charge in [-0.1, -0.05) is 11.6 Å². The van der Waals surface area contributed by atoms with Gasteiger partial charge in [-0.3, -0.25) is 4.79 Å². The van der Waals surface area contributed by atoms with Gasteiger partial charge < -0.3 is 10.1 Å². The normalized spacial score (nSPS) is 21.5. The maximum atomic E-state index is 11.8. The van der Waals surface area contributed by atoms with Crippen LogP contribution in [-0.2, 0) is 4.74 Å². The molecule has 0 bridgehead atoms. The number of thiophene rings is 1. The molecule has 0 saturated carbocycles.